The number of hydrogen-bond donors (Lipinski definition) is 1. The Morgan fingerprint density at radius 1 is 1.26 bits per heavy atom. The van der Waals surface area contributed by atoms with E-state index in [1.165, 1.54) is 0 Å². The van der Waals surface area contributed by atoms with Crippen LogP contribution in [-0.2, 0) is 17.5 Å². The number of rotatable bonds is 4. The van der Waals surface area contributed by atoms with Gasteiger partial charge in [0, 0.05) is 17.8 Å². The Bertz CT molecular complexity index is 434. The highest BCUT2D eigenvalue weighted by Gasteiger charge is 2.31. The molecule has 6 heteroatoms. The van der Waals surface area contributed by atoms with Gasteiger partial charge >= 0.3 is 6.18 Å². The van der Waals surface area contributed by atoms with Gasteiger partial charge in [-0.3, -0.25) is 0 Å². The van der Waals surface area contributed by atoms with E-state index in [1.807, 2.05) is 6.92 Å². The van der Waals surface area contributed by atoms with E-state index in [9.17, 15) is 17.7 Å². The molecule has 1 rings (SSSR count). The topological polar surface area (TPSA) is 49.1 Å². The number of halogens is 3. The Morgan fingerprint density at radius 3 is 2.32 bits per heavy atom. The molecule has 3 unspecified atom stereocenters. The lowest BCUT2D eigenvalue weighted by atomic mass is 9.93. The van der Waals surface area contributed by atoms with Crippen LogP contribution in [0.4, 0.5) is 13.2 Å². The average Bonchev–Trinajstić information content (AvgIpc) is 2.26. The van der Waals surface area contributed by atoms with Crippen LogP contribution in [0.25, 0.3) is 0 Å². The molecule has 0 aliphatic carbocycles. The van der Waals surface area contributed by atoms with Crippen molar-refractivity contribution >= 4 is 11.4 Å². The second-order valence-electron chi connectivity index (χ2n) is 4.91. The van der Waals surface area contributed by atoms with Crippen LogP contribution in [0.1, 0.15) is 42.9 Å². The molecule has 108 valence electrons. The van der Waals surface area contributed by atoms with Crippen molar-refractivity contribution in [1.29, 1.82) is 0 Å². The molecule has 0 saturated heterocycles. The number of alkyl halides is 3. The fraction of sp³-hybridized carbons (Fsp3) is 0.538. The van der Waals surface area contributed by atoms with E-state index in [4.69, 9.17) is 5.14 Å². The quantitative estimate of drug-likeness (QED) is 0.863. The molecular formula is C13H18F3NOS. The average molecular weight is 293 g/mol. The predicted molar refractivity (Wildman–Crippen MR) is 71.0 cm³/mol. The molecule has 0 fully saturated rings. The van der Waals surface area contributed by atoms with Crippen LogP contribution in [0.3, 0.4) is 0 Å². The third kappa shape index (κ3) is 4.71. The van der Waals surface area contributed by atoms with Crippen molar-refractivity contribution < 1.29 is 17.7 Å². The Balaban J connectivity index is 2.97. The number of nitrogens with two attached hydrogens (primary N) is 1. The third-order valence-corrected chi connectivity index (χ3v) is 4.06. The highest BCUT2D eigenvalue weighted by atomic mass is 32.2. The van der Waals surface area contributed by atoms with E-state index in [0.29, 0.717) is 17.5 Å². The largest absolute Gasteiger partial charge is 0.598 e. The first-order valence-corrected chi connectivity index (χ1v) is 7.22. The van der Waals surface area contributed by atoms with Crippen LogP contribution in [-0.4, -0.2) is 9.80 Å². The zero-order valence-electron chi connectivity index (χ0n) is 11.1. The zero-order valence-corrected chi connectivity index (χ0v) is 11.9. The van der Waals surface area contributed by atoms with Crippen molar-refractivity contribution in [3.05, 3.63) is 34.9 Å². The first-order chi connectivity index (χ1) is 8.61. The van der Waals surface area contributed by atoms with Gasteiger partial charge in [0.25, 0.3) is 0 Å². The van der Waals surface area contributed by atoms with E-state index in [2.05, 4.69) is 0 Å². The maximum Gasteiger partial charge on any atom is 0.416 e. The molecule has 2 N–H and O–H groups in total. The second-order valence-corrected chi connectivity index (χ2v) is 6.37. The molecule has 1 aromatic carbocycles. The lowest BCUT2D eigenvalue weighted by Gasteiger charge is -2.19. The molecule has 19 heavy (non-hydrogen) atoms. The van der Waals surface area contributed by atoms with Gasteiger partial charge < -0.3 is 4.55 Å². The van der Waals surface area contributed by atoms with Crippen LogP contribution in [0.15, 0.2) is 18.2 Å². The molecule has 0 aliphatic heterocycles. The maximum atomic E-state index is 12.7. The van der Waals surface area contributed by atoms with Gasteiger partial charge in [-0.25, -0.2) is 0 Å². The molecule has 0 saturated carbocycles. The predicted octanol–water partition coefficient (Wildman–Crippen LogP) is 3.52. The van der Waals surface area contributed by atoms with Crippen molar-refractivity contribution in [3.8, 4) is 0 Å². The Hall–Kier alpha value is -0.720. The standard InChI is InChI=1S/C13H18F3NOS/c1-8-4-11(7-12(5-8)13(14,15)16)9(2)6-10(3)19(17)18/h4-5,7,9-10H,6,17H2,1-3H3. The Kier molecular flexibility index (Phi) is 5.29. The molecule has 0 bridgehead atoms. The molecule has 0 aromatic heterocycles. The highest BCUT2D eigenvalue weighted by Crippen LogP contribution is 2.33. The molecule has 2 nitrogen and oxygen atoms in total. The first-order valence-electron chi connectivity index (χ1n) is 5.95. The number of aryl methyl sites for hydroxylation is 1. The molecule has 3 atom stereocenters. The minimum absolute atomic E-state index is 0.122. The smallest absolute Gasteiger partial charge is 0.416 e. The van der Waals surface area contributed by atoms with E-state index in [-0.39, 0.29) is 11.2 Å². The second kappa shape index (κ2) is 6.15. The Morgan fingerprint density at radius 2 is 1.84 bits per heavy atom. The van der Waals surface area contributed by atoms with Gasteiger partial charge in [-0.2, -0.15) is 18.3 Å². The van der Waals surface area contributed by atoms with Crippen LogP contribution in [0, 0.1) is 6.92 Å². The monoisotopic (exact) mass is 293 g/mol. The summed E-state index contributed by atoms with van der Waals surface area (Å²) in [6, 6.07) is 4.01. The van der Waals surface area contributed by atoms with E-state index < -0.39 is 23.1 Å². The van der Waals surface area contributed by atoms with Crippen molar-refractivity contribution in [3.63, 3.8) is 0 Å². The van der Waals surface area contributed by atoms with E-state index >= 15 is 0 Å². The van der Waals surface area contributed by atoms with Crippen molar-refractivity contribution in [2.24, 2.45) is 5.14 Å². The van der Waals surface area contributed by atoms with Gasteiger partial charge in [-0.15, -0.1) is 0 Å². The van der Waals surface area contributed by atoms with Gasteiger partial charge in [-0.1, -0.05) is 18.6 Å². The van der Waals surface area contributed by atoms with E-state index in [1.54, 1.807) is 19.9 Å². The van der Waals surface area contributed by atoms with Crippen LogP contribution in [0.5, 0.6) is 0 Å². The van der Waals surface area contributed by atoms with E-state index in [0.717, 1.165) is 12.1 Å². The van der Waals surface area contributed by atoms with Gasteiger partial charge in [0.05, 0.1) is 5.56 Å². The molecule has 1 aromatic rings. The van der Waals surface area contributed by atoms with Crippen LogP contribution in [0.2, 0.25) is 0 Å². The summed E-state index contributed by atoms with van der Waals surface area (Å²) in [5.41, 5.74) is 0.527. The van der Waals surface area contributed by atoms with Crippen molar-refractivity contribution in [2.75, 3.05) is 0 Å². The lowest BCUT2D eigenvalue weighted by molar-refractivity contribution is -0.137. The van der Waals surface area contributed by atoms with Crippen LogP contribution >= 0.6 is 0 Å². The third-order valence-electron chi connectivity index (χ3n) is 3.08. The number of hydrogen-bond acceptors (Lipinski definition) is 2. The summed E-state index contributed by atoms with van der Waals surface area (Å²) in [5, 5.41) is 5.04. The van der Waals surface area contributed by atoms with Crippen molar-refractivity contribution in [1.82, 2.24) is 0 Å². The molecule has 0 aliphatic rings. The van der Waals surface area contributed by atoms with Gasteiger partial charge in [-0.05, 0) is 37.5 Å². The fourth-order valence-electron chi connectivity index (χ4n) is 1.99. The summed E-state index contributed by atoms with van der Waals surface area (Å²) in [7, 11) is 0. The summed E-state index contributed by atoms with van der Waals surface area (Å²) >= 11 is -1.45. The Labute approximate surface area is 114 Å². The molecule has 0 spiro atoms. The normalized spacial score (nSPS) is 17.1. The summed E-state index contributed by atoms with van der Waals surface area (Å²) in [5.74, 6) is -0.122. The summed E-state index contributed by atoms with van der Waals surface area (Å²) in [6.45, 7) is 5.18. The minimum Gasteiger partial charge on any atom is -0.598 e. The minimum atomic E-state index is -4.34. The maximum absolute atomic E-state index is 12.7. The first kappa shape index (κ1) is 16.3. The fourth-order valence-corrected chi connectivity index (χ4v) is 2.47. The van der Waals surface area contributed by atoms with Gasteiger partial charge in [0.1, 0.15) is 5.25 Å². The van der Waals surface area contributed by atoms with Gasteiger partial charge in [0.2, 0.25) is 0 Å². The summed E-state index contributed by atoms with van der Waals surface area (Å²) in [4.78, 5) is 0. The molecule has 0 heterocycles. The molecule has 0 amide bonds. The van der Waals surface area contributed by atoms with Crippen LogP contribution < -0.4 is 5.14 Å². The molecular weight excluding hydrogens is 275 g/mol. The molecule has 0 radical (unpaired) electrons. The SMILES string of the molecule is Cc1cc(C(C)CC(C)[S+](N)[O-])cc(C(F)(F)F)c1. The zero-order chi connectivity index (χ0) is 14.8. The number of benzene rings is 1. The lowest BCUT2D eigenvalue weighted by Crippen LogP contribution is -2.27. The summed E-state index contributed by atoms with van der Waals surface area (Å²) in [6.07, 6.45) is -3.85. The van der Waals surface area contributed by atoms with Gasteiger partial charge in [0.15, 0.2) is 0 Å². The van der Waals surface area contributed by atoms with Crippen molar-refractivity contribution in [2.45, 2.75) is 44.5 Å². The highest BCUT2D eigenvalue weighted by molar-refractivity contribution is 7.89. The summed E-state index contributed by atoms with van der Waals surface area (Å²) < 4.78 is 49.3.